The number of hydrogen-bond acceptors (Lipinski definition) is 1. The summed E-state index contributed by atoms with van der Waals surface area (Å²) in [5.74, 6) is 0. The molecule has 0 aliphatic rings. The second kappa shape index (κ2) is 13.8. The molecule has 1 aromatic rings. The van der Waals surface area contributed by atoms with Crippen LogP contribution in [0.1, 0.15) is 83.2 Å². The van der Waals surface area contributed by atoms with Crippen molar-refractivity contribution in [1.29, 1.82) is 0 Å². The summed E-state index contributed by atoms with van der Waals surface area (Å²) in [4.78, 5) is 0. The zero-order chi connectivity index (χ0) is 15.9. The fraction of sp³-hybridized carbons (Fsp3) is 0.750. The molecular weight excluding hydrogens is 270 g/mol. The van der Waals surface area contributed by atoms with Gasteiger partial charge in [-0.3, -0.25) is 0 Å². The Balaban J connectivity index is 1.97. The molecule has 0 radical (unpaired) electrons. The number of pyridine rings is 1. The Labute approximate surface area is 137 Å². The van der Waals surface area contributed by atoms with Gasteiger partial charge in [0.25, 0.3) is 0 Å². The van der Waals surface area contributed by atoms with Gasteiger partial charge in [0.1, 0.15) is 6.54 Å². The van der Waals surface area contributed by atoms with Crippen LogP contribution in [0.4, 0.5) is 0 Å². The van der Waals surface area contributed by atoms with Crippen LogP contribution < -0.4 is 4.57 Å². The molecule has 22 heavy (non-hydrogen) atoms. The summed E-state index contributed by atoms with van der Waals surface area (Å²) in [6.07, 6.45) is 17.7. The Morgan fingerprint density at radius 3 is 2.00 bits per heavy atom. The number of hydrogen-bond donors (Lipinski definition) is 1. The molecule has 0 saturated carbocycles. The maximum Gasteiger partial charge on any atom is 0.181 e. The van der Waals surface area contributed by atoms with Gasteiger partial charge in [0, 0.05) is 31.6 Å². The highest BCUT2D eigenvalue weighted by Crippen LogP contribution is 2.10. The van der Waals surface area contributed by atoms with Gasteiger partial charge in [-0.05, 0) is 19.3 Å². The van der Waals surface area contributed by atoms with Crippen LogP contribution in [0.3, 0.4) is 0 Å². The van der Waals surface area contributed by atoms with E-state index in [-0.39, 0.29) is 0 Å². The fourth-order valence-electron chi connectivity index (χ4n) is 3.02. The minimum absolute atomic E-state index is 0.361. The maximum atomic E-state index is 8.72. The van der Waals surface area contributed by atoms with Gasteiger partial charge in [0.05, 0.1) is 0 Å². The summed E-state index contributed by atoms with van der Waals surface area (Å²) in [6, 6.07) is 6.57. The van der Waals surface area contributed by atoms with E-state index in [1.54, 1.807) is 0 Å². The summed E-state index contributed by atoms with van der Waals surface area (Å²) in [5.41, 5.74) is 1.48. The largest absolute Gasteiger partial charge is 0.396 e. The average Bonchev–Trinajstić information content (AvgIpc) is 2.54. The van der Waals surface area contributed by atoms with Gasteiger partial charge in [0.15, 0.2) is 11.9 Å². The van der Waals surface area contributed by atoms with E-state index in [1.807, 2.05) is 0 Å². The van der Waals surface area contributed by atoms with E-state index >= 15 is 0 Å². The van der Waals surface area contributed by atoms with Crippen molar-refractivity contribution in [1.82, 2.24) is 0 Å². The Bertz CT molecular complexity index is 364. The predicted molar refractivity (Wildman–Crippen MR) is 93.9 cm³/mol. The minimum atomic E-state index is 0.361. The van der Waals surface area contributed by atoms with E-state index in [2.05, 4.69) is 35.9 Å². The van der Waals surface area contributed by atoms with Crippen molar-refractivity contribution in [3.63, 3.8) is 0 Å². The second-order valence-corrected chi connectivity index (χ2v) is 6.39. The molecule has 0 aliphatic carbocycles. The first-order valence-corrected chi connectivity index (χ1v) is 9.46. The molecule has 0 saturated heterocycles. The minimum Gasteiger partial charge on any atom is -0.396 e. The Morgan fingerprint density at radius 2 is 1.41 bits per heavy atom. The molecule has 0 amide bonds. The van der Waals surface area contributed by atoms with Crippen LogP contribution in [-0.2, 0) is 13.0 Å². The molecule has 1 rings (SSSR count). The van der Waals surface area contributed by atoms with E-state index < -0.39 is 0 Å². The van der Waals surface area contributed by atoms with E-state index in [1.165, 1.54) is 82.9 Å². The van der Waals surface area contributed by atoms with Gasteiger partial charge in [-0.15, -0.1) is 0 Å². The Kier molecular flexibility index (Phi) is 12.0. The van der Waals surface area contributed by atoms with Crippen LogP contribution in [0.15, 0.2) is 24.4 Å². The molecule has 1 heterocycles. The summed E-state index contributed by atoms with van der Waals surface area (Å²) in [7, 11) is 0. The molecule has 0 atom stereocenters. The van der Waals surface area contributed by atoms with Crippen LogP contribution in [0, 0.1) is 0 Å². The third kappa shape index (κ3) is 9.19. The highest BCUT2D eigenvalue weighted by atomic mass is 16.2. The van der Waals surface area contributed by atoms with E-state index in [9.17, 15) is 0 Å². The summed E-state index contributed by atoms with van der Waals surface area (Å²) >= 11 is 0. The SMILES string of the molecule is CCCc1cccc[n+]1CCCCCCCCCCCCO. The number of nitrogens with zero attached hydrogens (tertiary/aromatic N) is 1. The number of aryl methyl sites for hydroxylation is 2. The van der Waals surface area contributed by atoms with Crippen molar-refractivity contribution in [3.05, 3.63) is 30.1 Å². The van der Waals surface area contributed by atoms with Gasteiger partial charge in [-0.2, -0.15) is 0 Å². The second-order valence-electron chi connectivity index (χ2n) is 6.39. The lowest BCUT2D eigenvalue weighted by atomic mass is 10.1. The molecule has 2 nitrogen and oxygen atoms in total. The fourth-order valence-corrected chi connectivity index (χ4v) is 3.02. The maximum absolute atomic E-state index is 8.72. The molecular formula is C20H36NO+. The smallest absolute Gasteiger partial charge is 0.181 e. The van der Waals surface area contributed by atoms with Crippen molar-refractivity contribution in [2.24, 2.45) is 0 Å². The first-order chi connectivity index (χ1) is 10.9. The molecule has 0 aromatic carbocycles. The molecule has 2 heteroatoms. The standard InChI is InChI=1S/C20H36NO/c1-2-15-20-16-11-13-18-21(20)17-12-9-7-5-3-4-6-8-10-14-19-22/h11,13,16,18,22H,2-10,12,14-15,17,19H2,1H3/q+1. The quantitative estimate of drug-likeness (QED) is 0.387. The Morgan fingerprint density at radius 1 is 0.818 bits per heavy atom. The zero-order valence-corrected chi connectivity index (χ0v) is 14.6. The number of rotatable bonds is 14. The predicted octanol–water partition coefficient (Wildman–Crippen LogP) is 4.82. The first-order valence-electron chi connectivity index (χ1n) is 9.46. The van der Waals surface area contributed by atoms with Gasteiger partial charge in [-0.25, -0.2) is 4.57 Å². The van der Waals surface area contributed by atoms with E-state index in [4.69, 9.17) is 5.11 Å². The third-order valence-electron chi connectivity index (χ3n) is 4.35. The molecule has 126 valence electrons. The highest BCUT2D eigenvalue weighted by molar-refractivity contribution is 4.97. The van der Waals surface area contributed by atoms with Crippen molar-refractivity contribution >= 4 is 0 Å². The summed E-state index contributed by atoms with van der Waals surface area (Å²) < 4.78 is 2.44. The third-order valence-corrected chi connectivity index (χ3v) is 4.35. The van der Waals surface area contributed by atoms with Crippen LogP contribution in [0.25, 0.3) is 0 Å². The van der Waals surface area contributed by atoms with Gasteiger partial charge in [0.2, 0.25) is 0 Å². The van der Waals surface area contributed by atoms with Crippen molar-refractivity contribution in [2.75, 3.05) is 6.61 Å². The first kappa shape index (κ1) is 19.2. The monoisotopic (exact) mass is 306 g/mol. The van der Waals surface area contributed by atoms with Gasteiger partial charge >= 0.3 is 0 Å². The zero-order valence-electron chi connectivity index (χ0n) is 14.6. The molecule has 1 N–H and O–H groups in total. The number of aromatic nitrogens is 1. The normalized spacial score (nSPS) is 11.0. The molecule has 0 fully saturated rings. The number of aliphatic hydroxyl groups is 1. The Hall–Kier alpha value is -0.890. The molecule has 0 aliphatic heterocycles. The van der Waals surface area contributed by atoms with Crippen molar-refractivity contribution in [2.45, 2.75) is 90.5 Å². The van der Waals surface area contributed by atoms with Gasteiger partial charge in [-0.1, -0.05) is 57.9 Å². The molecule has 0 spiro atoms. The lowest BCUT2D eigenvalue weighted by Crippen LogP contribution is -2.37. The van der Waals surface area contributed by atoms with Crippen molar-refractivity contribution < 1.29 is 9.67 Å². The lowest BCUT2D eigenvalue weighted by molar-refractivity contribution is -0.704. The van der Waals surface area contributed by atoms with Crippen LogP contribution in [-0.4, -0.2) is 11.7 Å². The summed E-state index contributed by atoms with van der Waals surface area (Å²) in [5, 5.41) is 8.72. The van der Waals surface area contributed by atoms with Gasteiger partial charge < -0.3 is 5.11 Å². The number of aliphatic hydroxyl groups excluding tert-OH is 1. The van der Waals surface area contributed by atoms with Crippen LogP contribution >= 0.6 is 0 Å². The molecule has 0 bridgehead atoms. The molecule has 0 unspecified atom stereocenters. The van der Waals surface area contributed by atoms with Crippen LogP contribution in [0.5, 0.6) is 0 Å². The average molecular weight is 307 g/mol. The highest BCUT2D eigenvalue weighted by Gasteiger charge is 2.07. The van der Waals surface area contributed by atoms with Crippen molar-refractivity contribution in [3.8, 4) is 0 Å². The van der Waals surface area contributed by atoms with E-state index in [0.29, 0.717) is 6.61 Å². The summed E-state index contributed by atoms with van der Waals surface area (Å²) in [6.45, 7) is 3.79. The lowest BCUT2D eigenvalue weighted by Gasteiger charge is -2.04. The van der Waals surface area contributed by atoms with E-state index in [0.717, 1.165) is 6.42 Å². The number of unbranched alkanes of at least 4 members (excludes halogenated alkanes) is 9. The topological polar surface area (TPSA) is 24.1 Å². The molecule has 1 aromatic heterocycles. The van der Waals surface area contributed by atoms with Crippen LogP contribution in [0.2, 0.25) is 0 Å².